The van der Waals surface area contributed by atoms with E-state index >= 15 is 0 Å². The van der Waals surface area contributed by atoms with Crippen LogP contribution in [0, 0.1) is 11.3 Å². The fraction of sp³-hybridized carbons (Fsp3) is 0.472. The fourth-order valence-electron chi connectivity index (χ4n) is 7.73. The molecular formula is C36H45N9O. The van der Waals surface area contributed by atoms with Crippen molar-refractivity contribution in [1.82, 2.24) is 40.6 Å². The van der Waals surface area contributed by atoms with Gasteiger partial charge in [-0.15, -0.1) is 10.2 Å². The van der Waals surface area contributed by atoms with Crippen LogP contribution in [0.2, 0.25) is 0 Å². The van der Waals surface area contributed by atoms with Crippen LogP contribution in [-0.2, 0) is 18.3 Å². The zero-order valence-electron chi connectivity index (χ0n) is 27.6. The van der Waals surface area contributed by atoms with Gasteiger partial charge in [-0.2, -0.15) is 10.5 Å². The average Bonchev–Trinajstić information content (AvgIpc) is 3.73. The number of benzene rings is 2. The molecule has 10 heteroatoms. The summed E-state index contributed by atoms with van der Waals surface area (Å²) in [6.07, 6.45) is 7.30. The topological polar surface area (TPSA) is 117 Å². The van der Waals surface area contributed by atoms with E-state index in [0.717, 1.165) is 85.1 Å². The van der Waals surface area contributed by atoms with Gasteiger partial charge in [0.15, 0.2) is 5.82 Å². The van der Waals surface area contributed by atoms with Crippen LogP contribution in [0.1, 0.15) is 82.5 Å². The van der Waals surface area contributed by atoms with Crippen LogP contribution in [0.25, 0.3) is 5.70 Å². The van der Waals surface area contributed by atoms with Gasteiger partial charge >= 0.3 is 0 Å². The van der Waals surface area contributed by atoms with E-state index in [0.29, 0.717) is 24.4 Å². The second-order valence-electron chi connectivity index (χ2n) is 13.6. The molecule has 0 bridgehead atoms. The predicted molar refractivity (Wildman–Crippen MR) is 179 cm³/mol. The number of aromatic nitrogens is 4. The summed E-state index contributed by atoms with van der Waals surface area (Å²) < 4.78 is 0. The minimum Gasteiger partial charge on any atom is -0.378 e. The van der Waals surface area contributed by atoms with E-state index in [2.05, 4.69) is 75.3 Å². The second kappa shape index (κ2) is 12.4. The molecule has 2 heterocycles. The highest BCUT2D eigenvalue weighted by Gasteiger charge is 2.52. The first-order valence-corrected chi connectivity index (χ1v) is 16.3. The van der Waals surface area contributed by atoms with Gasteiger partial charge in [0, 0.05) is 63.8 Å². The van der Waals surface area contributed by atoms with Crippen LogP contribution in [0.15, 0.2) is 55.3 Å². The predicted octanol–water partition coefficient (Wildman–Crippen LogP) is 4.27. The van der Waals surface area contributed by atoms with Gasteiger partial charge in [-0.05, 0) is 97.4 Å². The smallest absolute Gasteiger partial charge is 0.253 e. The lowest BCUT2D eigenvalue weighted by molar-refractivity contribution is 0.0827. The molecule has 2 aliphatic carbocycles. The van der Waals surface area contributed by atoms with Gasteiger partial charge in [0.05, 0.1) is 11.5 Å². The summed E-state index contributed by atoms with van der Waals surface area (Å²) in [5.41, 5.74) is 7.31. The van der Waals surface area contributed by atoms with Gasteiger partial charge in [0.2, 0.25) is 0 Å². The van der Waals surface area contributed by atoms with Crippen molar-refractivity contribution in [1.29, 1.82) is 5.26 Å². The van der Waals surface area contributed by atoms with Gasteiger partial charge in [0.25, 0.3) is 5.91 Å². The van der Waals surface area contributed by atoms with Crippen LogP contribution in [0.3, 0.4) is 0 Å². The molecule has 240 valence electrons. The third-order valence-corrected chi connectivity index (χ3v) is 10.4. The molecule has 1 saturated carbocycles. The number of aromatic amines is 1. The Morgan fingerprint density at radius 1 is 1.04 bits per heavy atom. The summed E-state index contributed by atoms with van der Waals surface area (Å²) >= 11 is 0. The maximum Gasteiger partial charge on any atom is 0.253 e. The maximum absolute atomic E-state index is 13.1. The van der Waals surface area contributed by atoms with E-state index in [1.54, 1.807) is 19.0 Å². The molecule has 10 nitrogen and oxygen atoms in total. The minimum atomic E-state index is -0.733. The molecule has 1 aliphatic heterocycles. The first kappa shape index (κ1) is 31.5. The quantitative estimate of drug-likeness (QED) is 0.346. The number of hydrogen-bond acceptors (Lipinski definition) is 8. The standard InChI is InChI=1S/C36H45N9O/c1-24(45-18-7-9-30(45)21-37)22-38-35(16-8-17-35)23-36(34-39-41-42-40-34)31-14-12-26(25(2)43(3)4)19-27(31)10-11-28-20-29(13-15-32(28)36)33(46)44(5)6/h12-15,19-20,30,38H,1-2,7-11,16-18,22-23H2,3-6H3,(H,39,40,41,42)/t30?,36-/m1/s1. The molecule has 1 aromatic heterocycles. The number of tetrazole rings is 1. The zero-order valence-corrected chi connectivity index (χ0v) is 27.6. The molecule has 0 radical (unpaired) electrons. The first-order chi connectivity index (χ1) is 22.1. The van der Waals surface area contributed by atoms with E-state index in [4.69, 9.17) is 5.10 Å². The summed E-state index contributed by atoms with van der Waals surface area (Å²) in [6, 6.07) is 15.1. The largest absolute Gasteiger partial charge is 0.378 e. The number of amides is 1. The monoisotopic (exact) mass is 619 g/mol. The van der Waals surface area contributed by atoms with Crippen molar-refractivity contribution in [2.75, 3.05) is 41.3 Å². The molecule has 2 N–H and O–H groups in total. The van der Waals surface area contributed by atoms with E-state index in [-0.39, 0.29) is 17.5 Å². The highest BCUT2D eigenvalue weighted by molar-refractivity contribution is 5.94. The van der Waals surface area contributed by atoms with Crippen LogP contribution < -0.4 is 5.32 Å². The second-order valence-corrected chi connectivity index (χ2v) is 13.6. The number of nitriles is 1. The third-order valence-electron chi connectivity index (χ3n) is 10.4. The summed E-state index contributed by atoms with van der Waals surface area (Å²) in [5, 5.41) is 29.9. The molecule has 2 aromatic carbocycles. The molecule has 3 aliphatic rings. The highest BCUT2D eigenvalue weighted by Crippen LogP contribution is 2.52. The molecule has 2 fully saturated rings. The number of nitrogens with zero attached hydrogens (tertiary/aromatic N) is 7. The number of carbonyl (C=O) groups excluding carboxylic acids is 1. The fourth-order valence-corrected chi connectivity index (χ4v) is 7.73. The van der Waals surface area contributed by atoms with Crippen LogP contribution in [-0.4, -0.2) is 94.1 Å². The third kappa shape index (κ3) is 5.47. The Morgan fingerprint density at radius 3 is 2.28 bits per heavy atom. The Labute approximate surface area is 272 Å². The first-order valence-electron chi connectivity index (χ1n) is 16.3. The zero-order chi connectivity index (χ0) is 32.6. The molecule has 46 heavy (non-hydrogen) atoms. The molecule has 1 unspecified atom stereocenters. The maximum atomic E-state index is 13.1. The molecule has 1 amide bonds. The Hall–Kier alpha value is -4.49. The minimum absolute atomic E-state index is 0.0208. The Morgan fingerprint density at radius 2 is 1.72 bits per heavy atom. The lowest BCUT2D eigenvalue weighted by Crippen LogP contribution is -2.57. The van der Waals surface area contributed by atoms with Crippen molar-refractivity contribution in [3.63, 3.8) is 0 Å². The van der Waals surface area contributed by atoms with Crippen molar-refractivity contribution in [2.45, 2.75) is 68.4 Å². The van der Waals surface area contributed by atoms with Crippen molar-refractivity contribution < 1.29 is 4.79 Å². The Bertz CT molecular complexity index is 1610. The highest BCUT2D eigenvalue weighted by atomic mass is 16.2. The van der Waals surface area contributed by atoms with Crippen molar-refractivity contribution in [3.05, 3.63) is 94.5 Å². The van der Waals surface area contributed by atoms with Gasteiger partial charge in [-0.25, -0.2) is 0 Å². The SMILES string of the molecule is C=C(c1ccc2c(c1)CCc1cc(C(=O)N(C)C)ccc1[C@]2(CC1(NCC(=C)N2CCCC2C#N)CCC1)c1nn[nH]n1)N(C)C. The summed E-state index contributed by atoms with van der Waals surface area (Å²) in [6.45, 7) is 10.2. The number of likely N-dealkylation sites (tertiary alicyclic amines) is 1. The number of carbonyl (C=O) groups is 1. The van der Waals surface area contributed by atoms with Gasteiger partial charge in [-0.1, -0.05) is 36.6 Å². The molecule has 0 spiro atoms. The number of fused-ring (bicyclic) bond motifs is 2. The lowest BCUT2D eigenvalue weighted by atomic mass is 9.60. The average molecular weight is 620 g/mol. The summed E-state index contributed by atoms with van der Waals surface area (Å²) in [5.74, 6) is 0.603. The van der Waals surface area contributed by atoms with Crippen molar-refractivity contribution in [3.8, 4) is 6.07 Å². The summed E-state index contributed by atoms with van der Waals surface area (Å²) in [7, 11) is 7.59. The summed E-state index contributed by atoms with van der Waals surface area (Å²) in [4.78, 5) is 18.9. The van der Waals surface area contributed by atoms with Gasteiger partial charge in [-0.3, -0.25) is 4.79 Å². The molecular weight excluding hydrogens is 574 g/mol. The Kier molecular flexibility index (Phi) is 8.47. The number of hydrogen-bond donors (Lipinski definition) is 2. The van der Waals surface area contributed by atoms with E-state index in [1.807, 2.05) is 25.1 Å². The van der Waals surface area contributed by atoms with Crippen LogP contribution >= 0.6 is 0 Å². The number of H-pyrrole nitrogens is 1. The number of nitrogens with one attached hydrogen (secondary N) is 2. The van der Waals surface area contributed by atoms with Gasteiger partial charge < -0.3 is 20.0 Å². The number of rotatable bonds is 10. The van der Waals surface area contributed by atoms with E-state index < -0.39 is 5.41 Å². The lowest BCUT2D eigenvalue weighted by Gasteiger charge is -2.49. The van der Waals surface area contributed by atoms with Gasteiger partial charge in [0.1, 0.15) is 6.04 Å². The molecule has 2 atom stereocenters. The van der Waals surface area contributed by atoms with Crippen molar-refractivity contribution in [2.24, 2.45) is 0 Å². The normalized spacial score (nSPS) is 21.3. The van der Waals surface area contributed by atoms with E-state index in [1.165, 1.54) is 5.56 Å². The van der Waals surface area contributed by atoms with Crippen LogP contribution in [0.4, 0.5) is 0 Å². The van der Waals surface area contributed by atoms with Crippen molar-refractivity contribution >= 4 is 11.6 Å². The van der Waals surface area contributed by atoms with E-state index in [9.17, 15) is 10.1 Å². The molecule has 6 rings (SSSR count). The Balaban J connectivity index is 1.48. The molecule has 1 saturated heterocycles. The molecule has 3 aromatic rings. The number of aryl methyl sites for hydroxylation is 2. The van der Waals surface area contributed by atoms with Crippen LogP contribution in [0.5, 0.6) is 0 Å².